The second-order valence-corrected chi connectivity index (χ2v) is 5.20. The SMILES string of the molecule is CCC(O)CNC(=O)c1csc(Br)c1. The summed E-state index contributed by atoms with van der Waals surface area (Å²) in [6.07, 6.45) is 0.189. The molecule has 0 saturated carbocycles. The molecule has 1 atom stereocenters. The molecule has 0 aliphatic heterocycles. The van der Waals surface area contributed by atoms with Gasteiger partial charge in [0.2, 0.25) is 0 Å². The molecule has 1 heterocycles. The van der Waals surface area contributed by atoms with Crippen LogP contribution in [0, 0.1) is 0 Å². The third kappa shape index (κ3) is 3.40. The molecule has 1 unspecified atom stereocenters. The zero-order valence-corrected chi connectivity index (χ0v) is 10.2. The summed E-state index contributed by atoms with van der Waals surface area (Å²) >= 11 is 4.75. The monoisotopic (exact) mass is 277 g/mol. The highest BCUT2D eigenvalue weighted by Gasteiger charge is 2.08. The van der Waals surface area contributed by atoms with E-state index in [1.165, 1.54) is 11.3 Å². The number of amides is 1. The Hall–Kier alpha value is -0.390. The lowest BCUT2D eigenvalue weighted by Gasteiger charge is -2.08. The van der Waals surface area contributed by atoms with Gasteiger partial charge in [0.15, 0.2) is 0 Å². The molecule has 0 spiro atoms. The van der Waals surface area contributed by atoms with Gasteiger partial charge in [0, 0.05) is 11.9 Å². The fourth-order valence-corrected chi connectivity index (χ4v) is 2.02. The number of nitrogens with one attached hydrogen (secondary N) is 1. The molecular formula is C9H12BrNO2S. The van der Waals surface area contributed by atoms with Crippen LogP contribution in [0.15, 0.2) is 15.2 Å². The number of hydrogen-bond acceptors (Lipinski definition) is 3. The van der Waals surface area contributed by atoms with Crippen LogP contribution in [0.4, 0.5) is 0 Å². The van der Waals surface area contributed by atoms with Crippen molar-refractivity contribution in [2.75, 3.05) is 6.54 Å². The maximum Gasteiger partial charge on any atom is 0.252 e. The van der Waals surface area contributed by atoms with Gasteiger partial charge < -0.3 is 10.4 Å². The number of halogens is 1. The van der Waals surface area contributed by atoms with Gasteiger partial charge in [-0.25, -0.2) is 0 Å². The molecule has 0 saturated heterocycles. The molecule has 1 aromatic rings. The summed E-state index contributed by atoms with van der Waals surface area (Å²) in [5, 5.41) is 13.7. The third-order valence-corrected chi connectivity index (χ3v) is 3.30. The number of aliphatic hydroxyl groups excluding tert-OH is 1. The molecule has 0 radical (unpaired) electrons. The average molecular weight is 278 g/mol. The van der Waals surface area contributed by atoms with Crippen LogP contribution in [-0.2, 0) is 0 Å². The van der Waals surface area contributed by atoms with Crippen molar-refractivity contribution in [3.63, 3.8) is 0 Å². The lowest BCUT2D eigenvalue weighted by molar-refractivity contribution is 0.0914. The van der Waals surface area contributed by atoms with Crippen LogP contribution in [0.3, 0.4) is 0 Å². The zero-order valence-electron chi connectivity index (χ0n) is 7.79. The van der Waals surface area contributed by atoms with Crippen LogP contribution in [0.5, 0.6) is 0 Å². The van der Waals surface area contributed by atoms with E-state index in [1.807, 2.05) is 6.92 Å². The van der Waals surface area contributed by atoms with Crippen molar-refractivity contribution in [3.8, 4) is 0 Å². The van der Waals surface area contributed by atoms with Gasteiger partial charge in [-0.15, -0.1) is 11.3 Å². The number of hydrogen-bond donors (Lipinski definition) is 2. The highest BCUT2D eigenvalue weighted by atomic mass is 79.9. The molecule has 1 amide bonds. The van der Waals surface area contributed by atoms with Crippen molar-refractivity contribution in [1.29, 1.82) is 0 Å². The Balaban J connectivity index is 2.43. The van der Waals surface area contributed by atoms with Gasteiger partial charge in [-0.2, -0.15) is 0 Å². The Morgan fingerprint density at radius 1 is 1.79 bits per heavy atom. The minimum atomic E-state index is -0.457. The first kappa shape index (κ1) is 11.7. The van der Waals surface area contributed by atoms with E-state index in [9.17, 15) is 9.90 Å². The molecule has 0 aliphatic rings. The first-order chi connectivity index (χ1) is 6.63. The first-order valence-electron chi connectivity index (χ1n) is 4.33. The molecule has 1 rings (SSSR count). The lowest BCUT2D eigenvalue weighted by atomic mass is 10.2. The fraction of sp³-hybridized carbons (Fsp3) is 0.444. The summed E-state index contributed by atoms with van der Waals surface area (Å²) < 4.78 is 0.929. The van der Waals surface area contributed by atoms with Crippen molar-refractivity contribution in [3.05, 3.63) is 20.8 Å². The summed E-state index contributed by atoms with van der Waals surface area (Å²) in [6, 6.07) is 1.76. The number of carbonyl (C=O) groups is 1. The lowest BCUT2D eigenvalue weighted by Crippen LogP contribution is -2.31. The fourth-order valence-electron chi connectivity index (χ4n) is 0.886. The first-order valence-corrected chi connectivity index (χ1v) is 6.01. The maximum atomic E-state index is 11.4. The van der Waals surface area contributed by atoms with E-state index in [0.717, 1.165) is 3.79 Å². The zero-order chi connectivity index (χ0) is 10.6. The summed E-state index contributed by atoms with van der Waals surface area (Å²) in [5.74, 6) is -0.139. The Bertz CT molecular complexity index is 314. The molecule has 14 heavy (non-hydrogen) atoms. The highest BCUT2D eigenvalue weighted by molar-refractivity contribution is 9.11. The number of carbonyl (C=O) groups excluding carboxylic acids is 1. The Morgan fingerprint density at radius 2 is 2.50 bits per heavy atom. The molecular weight excluding hydrogens is 266 g/mol. The molecule has 78 valence electrons. The summed E-state index contributed by atoms with van der Waals surface area (Å²) in [6.45, 7) is 2.18. The van der Waals surface area contributed by atoms with Gasteiger partial charge in [-0.3, -0.25) is 4.79 Å². The van der Waals surface area contributed by atoms with Crippen molar-refractivity contribution in [1.82, 2.24) is 5.32 Å². The molecule has 0 bridgehead atoms. The molecule has 2 N–H and O–H groups in total. The van der Waals surface area contributed by atoms with Crippen molar-refractivity contribution in [2.24, 2.45) is 0 Å². The van der Waals surface area contributed by atoms with Crippen molar-refractivity contribution >= 4 is 33.2 Å². The smallest absolute Gasteiger partial charge is 0.252 e. The maximum absolute atomic E-state index is 11.4. The van der Waals surface area contributed by atoms with E-state index in [4.69, 9.17) is 0 Å². The molecule has 3 nitrogen and oxygen atoms in total. The van der Waals surface area contributed by atoms with Crippen LogP contribution in [-0.4, -0.2) is 23.7 Å². The van der Waals surface area contributed by atoms with E-state index >= 15 is 0 Å². The van der Waals surface area contributed by atoms with Gasteiger partial charge in [-0.1, -0.05) is 6.92 Å². The van der Waals surface area contributed by atoms with E-state index in [2.05, 4.69) is 21.2 Å². The van der Waals surface area contributed by atoms with Crippen LogP contribution >= 0.6 is 27.3 Å². The van der Waals surface area contributed by atoms with E-state index in [0.29, 0.717) is 18.5 Å². The Kier molecular flexibility index (Phi) is 4.57. The second kappa shape index (κ2) is 5.48. The number of aliphatic hydroxyl groups is 1. The summed E-state index contributed by atoms with van der Waals surface area (Å²) in [7, 11) is 0. The van der Waals surface area contributed by atoms with E-state index in [1.54, 1.807) is 11.4 Å². The predicted molar refractivity (Wildman–Crippen MR) is 60.7 cm³/mol. The van der Waals surface area contributed by atoms with E-state index < -0.39 is 6.10 Å². The third-order valence-electron chi connectivity index (χ3n) is 1.80. The minimum absolute atomic E-state index is 0.139. The molecule has 0 aromatic carbocycles. The number of rotatable bonds is 4. The Morgan fingerprint density at radius 3 is 3.00 bits per heavy atom. The van der Waals surface area contributed by atoms with Gasteiger partial charge in [-0.05, 0) is 28.4 Å². The van der Waals surface area contributed by atoms with Crippen molar-refractivity contribution in [2.45, 2.75) is 19.4 Å². The quantitative estimate of drug-likeness (QED) is 0.885. The predicted octanol–water partition coefficient (Wildman–Crippen LogP) is 2.01. The normalized spacial score (nSPS) is 12.5. The largest absolute Gasteiger partial charge is 0.391 e. The summed E-state index contributed by atoms with van der Waals surface area (Å²) in [4.78, 5) is 11.4. The van der Waals surface area contributed by atoms with Gasteiger partial charge >= 0.3 is 0 Å². The van der Waals surface area contributed by atoms with E-state index in [-0.39, 0.29) is 5.91 Å². The number of thiophene rings is 1. The average Bonchev–Trinajstić information content (AvgIpc) is 2.60. The highest BCUT2D eigenvalue weighted by Crippen LogP contribution is 2.20. The van der Waals surface area contributed by atoms with Crippen LogP contribution in [0.1, 0.15) is 23.7 Å². The molecule has 1 aromatic heterocycles. The van der Waals surface area contributed by atoms with Gasteiger partial charge in [0.05, 0.1) is 15.5 Å². The van der Waals surface area contributed by atoms with Crippen LogP contribution in [0.25, 0.3) is 0 Å². The topological polar surface area (TPSA) is 49.3 Å². The minimum Gasteiger partial charge on any atom is -0.391 e. The summed E-state index contributed by atoms with van der Waals surface area (Å²) in [5.41, 5.74) is 0.630. The molecule has 5 heteroatoms. The second-order valence-electron chi connectivity index (χ2n) is 2.91. The standard InChI is InChI=1S/C9H12BrNO2S/c1-2-7(12)4-11-9(13)6-3-8(10)14-5-6/h3,5,7,12H,2,4H2,1H3,(H,11,13). The van der Waals surface area contributed by atoms with Gasteiger partial charge in [0.25, 0.3) is 5.91 Å². The van der Waals surface area contributed by atoms with Gasteiger partial charge in [0.1, 0.15) is 0 Å². The molecule has 0 fully saturated rings. The van der Waals surface area contributed by atoms with Crippen LogP contribution < -0.4 is 5.32 Å². The Labute approximate surface area is 95.3 Å². The van der Waals surface area contributed by atoms with Crippen molar-refractivity contribution < 1.29 is 9.90 Å². The molecule has 0 aliphatic carbocycles. The van der Waals surface area contributed by atoms with Crippen LogP contribution in [0.2, 0.25) is 0 Å².